The van der Waals surface area contributed by atoms with Gasteiger partial charge in [0.15, 0.2) is 0 Å². The number of hydrogen-bond donors (Lipinski definition) is 0. The predicted molar refractivity (Wildman–Crippen MR) is 60.4 cm³/mol. The van der Waals surface area contributed by atoms with Gasteiger partial charge in [-0.3, -0.25) is 4.79 Å². The molecule has 0 aromatic heterocycles. The monoisotopic (exact) mass is 262 g/mol. The van der Waals surface area contributed by atoms with Crippen molar-refractivity contribution in [2.24, 2.45) is 5.92 Å². The second kappa shape index (κ2) is 7.60. The molecule has 0 aliphatic rings. The van der Waals surface area contributed by atoms with Crippen LogP contribution in [0.5, 0.6) is 0 Å². The number of benzene rings is 1. The number of hydrogen-bond acceptors (Lipinski definition) is 4. The largest absolute Gasteiger partial charge is 1.00 e. The molecule has 6 heteroatoms. The molecule has 2 unspecified atom stereocenters. The van der Waals surface area contributed by atoms with Crippen LogP contribution < -0.4 is 24.0 Å². The van der Waals surface area contributed by atoms with Crippen molar-refractivity contribution in [3.8, 4) is 0 Å². The average molecular weight is 263 g/mol. The number of carbonyl (C=O) groups is 2. The van der Waals surface area contributed by atoms with Gasteiger partial charge in [-0.15, -0.1) is 0 Å². The smallest absolute Gasteiger partial charge is 0.848 e. The average Bonchev–Trinajstić information content (AvgIpc) is 2.36. The Kier molecular flexibility index (Phi) is 7.27. The number of ketones is 1. The van der Waals surface area contributed by atoms with Gasteiger partial charge in [0.05, 0.1) is 7.11 Å². The van der Waals surface area contributed by atoms with E-state index in [1.807, 2.05) is 0 Å². The maximum atomic E-state index is 11.9. The van der Waals surface area contributed by atoms with E-state index in [0.717, 1.165) is 7.11 Å². The topological polar surface area (TPSA) is 66.4 Å². The molecule has 0 aliphatic carbocycles. The first-order valence-corrected chi connectivity index (χ1v) is 5.38. The van der Waals surface area contributed by atoms with Gasteiger partial charge in [0.25, 0.3) is 0 Å². The molecule has 0 saturated heterocycles. The minimum atomic E-state index is -1.31. The molecule has 0 fully saturated rings. The summed E-state index contributed by atoms with van der Waals surface area (Å²) in [6.45, 7) is 1.41. The van der Waals surface area contributed by atoms with Crippen molar-refractivity contribution >= 4 is 23.4 Å². The summed E-state index contributed by atoms with van der Waals surface area (Å²) in [4.78, 5) is 22.5. The Morgan fingerprint density at radius 2 is 1.78 bits per heavy atom. The van der Waals surface area contributed by atoms with Crippen LogP contribution in [0, 0.1) is 5.92 Å². The van der Waals surface area contributed by atoms with Gasteiger partial charge in [-0.25, -0.2) is 4.79 Å². The molecule has 1 aromatic rings. The van der Waals surface area contributed by atoms with Crippen LogP contribution in [0.4, 0.5) is 0 Å². The normalized spacial score (nSPS) is 13.1. The van der Waals surface area contributed by atoms with Gasteiger partial charge in [0.1, 0.15) is 0 Å². The van der Waals surface area contributed by atoms with Crippen LogP contribution in [-0.4, -0.2) is 18.9 Å². The Balaban J connectivity index is 0.00000289. The summed E-state index contributed by atoms with van der Waals surface area (Å²) in [7, 11) is 1.11. The fourth-order valence-corrected chi connectivity index (χ4v) is 1.49. The standard InChI is InChI=1S/C12H12ClO4.Li/c1-7(11(15)12(16)17-2)10(14)8-3-5-9(13)6-4-8;/h3-7,10H,1-2H3;/q-1;+1. The molecule has 92 valence electrons. The molecule has 0 amide bonds. The molecule has 18 heavy (non-hydrogen) atoms. The number of methoxy groups -OCH3 is 1. The second-order valence-electron chi connectivity index (χ2n) is 3.62. The third kappa shape index (κ3) is 4.15. The van der Waals surface area contributed by atoms with Crippen LogP contribution >= 0.6 is 11.6 Å². The van der Waals surface area contributed by atoms with Crippen molar-refractivity contribution in [2.45, 2.75) is 13.0 Å². The summed E-state index contributed by atoms with van der Waals surface area (Å²) in [5.74, 6) is -2.78. The molecule has 1 rings (SSSR count). The Labute approximate surface area is 122 Å². The van der Waals surface area contributed by atoms with Crippen molar-refractivity contribution < 1.29 is 38.3 Å². The van der Waals surface area contributed by atoms with Gasteiger partial charge in [-0.2, -0.15) is 0 Å². The quantitative estimate of drug-likeness (QED) is 0.362. The van der Waals surface area contributed by atoms with Crippen molar-refractivity contribution in [1.29, 1.82) is 0 Å². The minimum Gasteiger partial charge on any atom is -0.848 e. The van der Waals surface area contributed by atoms with Gasteiger partial charge in [-0.05, 0) is 12.1 Å². The molecule has 0 bridgehead atoms. The summed E-state index contributed by atoms with van der Waals surface area (Å²) in [5.41, 5.74) is 0.416. The molecular weight excluding hydrogens is 251 g/mol. The molecule has 0 N–H and O–H groups in total. The summed E-state index contributed by atoms with van der Waals surface area (Å²) < 4.78 is 4.29. The maximum absolute atomic E-state index is 11.9. The first kappa shape index (κ1) is 17.2. The maximum Gasteiger partial charge on any atom is 1.00 e. The number of Topliss-reactive ketones (excluding diaryl/α,β-unsaturated/α-hetero) is 1. The van der Waals surface area contributed by atoms with Gasteiger partial charge in [-0.1, -0.05) is 42.3 Å². The van der Waals surface area contributed by atoms with Crippen LogP contribution in [0.1, 0.15) is 18.6 Å². The van der Waals surface area contributed by atoms with Crippen LogP contribution in [0.3, 0.4) is 0 Å². The van der Waals surface area contributed by atoms with E-state index < -0.39 is 23.8 Å². The van der Waals surface area contributed by atoms with E-state index in [0.29, 0.717) is 10.6 Å². The number of carbonyl (C=O) groups excluding carboxylic acids is 2. The Bertz CT molecular complexity index is 419. The molecule has 4 nitrogen and oxygen atoms in total. The van der Waals surface area contributed by atoms with Crippen LogP contribution in [0.25, 0.3) is 0 Å². The van der Waals surface area contributed by atoms with Crippen molar-refractivity contribution in [3.63, 3.8) is 0 Å². The number of halogens is 1. The Hall–Kier alpha value is -0.793. The van der Waals surface area contributed by atoms with E-state index >= 15 is 0 Å². The fourth-order valence-electron chi connectivity index (χ4n) is 1.37. The van der Waals surface area contributed by atoms with E-state index in [-0.39, 0.29) is 18.9 Å². The second-order valence-corrected chi connectivity index (χ2v) is 4.05. The van der Waals surface area contributed by atoms with E-state index in [2.05, 4.69) is 4.74 Å². The molecule has 0 aliphatic heterocycles. The third-order valence-electron chi connectivity index (χ3n) is 2.45. The van der Waals surface area contributed by atoms with Crippen LogP contribution in [0.15, 0.2) is 24.3 Å². The van der Waals surface area contributed by atoms with Gasteiger partial charge in [0.2, 0.25) is 5.78 Å². The van der Waals surface area contributed by atoms with Gasteiger partial charge >= 0.3 is 24.8 Å². The van der Waals surface area contributed by atoms with Crippen molar-refractivity contribution in [3.05, 3.63) is 34.9 Å². The predicted octanol–water partition coefficient (Wildman–Crippen LogP) is -1.88. The third-order valence-corrected chi connectivity index (χ3v) is 2.70. The Morgan fingerprint density at radius 1 is 1.28 bits per heavy atom. The minimum absolute atomic E-state index is 0. The molecule has 0 spiro atoms. The SMILES string of the molecule is COC(=O)C(=O)C(C)C([O-])c1ccc(Cl)cc1.[Li+]. The van der Waals surface area contributed by atoms with Crippen molar-refractivity contribution in [1.82, 2.24) is 0 Å². The fraction of sp³-hybridized carbons (Fsp3) is 0.333. The molecule has 0 radical (unpaired) electrons. The zero-order valence-corrected chi connectivity index (χ0v) is 11.2. The Morgan fingerprint density at radius 3 is 2.22 bits per heavy atom. The van der Waals surface area contributed by atoms with E-state index in [1.165, 1.54) is 6.92 Å². The van der Waals surface area contributed by atoms with E-state index in [4.69, 9.17) is 11.6 Å². The number of ether oxygens (including phenoxy) is 1. The first-order valence-electron chi connectivity index (χ1n) is 5.00. The summed E-state index contributed by atoms with van der Waals surface area (Å²) in [5, 5.41) is 12.4. The molecule has 0 saturated carbocycles. The van der Waals surface area contributed by atoms with E-state index in [9.17, 15) is 14.7 Å². The zero-order valence-electron chi connectivity index (χ0n) is 10.5. The van der Waals surface area contributed by atoms with Gasteiger partial charge < -0.3 is 9.84 Å². The first-order chi connectivity index (χ1) is 7.97. The zero-order chi connectivity index (χ0) is 13.0. The molecule has 2 atom stereocenters. The van der Waals surface area contributed by atoms with E-state index in [1.54, 1.807) is 24.3 Å². The van der Waals surface area contributed by atoms with Gasteiger partial charge in [0, 0.05) is 10.9 Å². The molecule has 1 aromatic carbocycles. The summed E-state index contributed by atoms with van der Waals surface area (Å²) >= 11 is 5.69. The summed E-state index contributed by atoms with van der Waals surface area (Å²) in [6.07, 6.45) is -1.31. The summed E-state index contributed by atoms with van der Waals surface area (Å²) in [6, 6.07) is 6.22. The van der Waals surface area contributed by atoms with Crippen LogP contribution in [0.2, 0.25) is 5.02 Å². The molecular formula is C12H12ClLiO4. The van der Waals surface area contributed by atoms with Crippen molar-refractivity contribution in [2.75, 3.05) is 7.11 Å². The van der Waals surface area contributed by atoms with Crippen LogP contribution in [-0.2, 0) is 14.3 Å². The molecule has 0 heterocycles. The number of esters is 1. The number of rotatable bonds is 4.